The van der Waals surface area contributed by atoms with Crippen molar-refractivity contribution in [2.24, 2.45) is 20.5 Å². The normalized spacial score (nSPS) is 17.4. The number of carbonyl (C=O) groups is 4. The van der Waals surface area contributed by atoms with Crippen LogP contribution >= 0.6 is 24.4 Å². The van der Waals surface area contributed by atoms with E-state index < -0.39 is 23.6 Å². The van der Waals surface area contributed by atoms with Crippen LogP contribution in [0.1, 0.15) is 0 Å². The fourth-order valence-corrected chi connectivity index (χ4v) is 1.80. The van der Waals surface area contributed by atoms with E-state index in [4.69, 9.17) is 24.4 Å². The molecule has 26 heavy (non-hydrogen) atoms. The average Bonchev–Trinajstić information content (AvgIpc) is 2.60. The van der Waals surface area contributed by atoms with Gasteiger partial charge in [0.05, 0.1) is 0 Å². The van der Waals surface area contributed by atoms with Crippen LogP contribution in [0, 0.1) is 0 Å². The van der Waals surface area contributed by atoms with E-state index in [1.165, 1.54) is 0 Å². The summed E-state index contributed by atoms with van der Waals surface area (Å²) in [5.41, 5.74) is 3.74. The van der Waals surface area contributed by atoms with E-state index in [2.05, 4.69) is 44.5 Å². The molecule has 4 amide bonds. The van der Waals surface area contributed by atoms with Crippen LogP contribution < -0.4 is 10.9 Å². The fourth-order valence-electron chi connectivity index (χ4n) is 1.46. The van der Waals surface area contributed by atoms with Crippen LogP contribution in [0.4, 0.5) is 0 Å². The van der Waals surface area contributed by atoms with Crippen LogP contribution in [0.2, 0.25) is 0 Å². The standard InChI is InChI=1S/C12H8N8O4S2/c1-5-9(23)19(11(25)15-13-5)17-7(21)3-4-8(22)18-20-10(24)6(2)14-16-12(20)26/h3-4H,1-2H2,(H,17,21)(H,18,22)/b4-3+. The lowest BCUT2D eigenvalue weighted by Crippen LogP contribution is -2.50. The number of carbonyl (C=O) groups excluding carboxylic acids is 4. The Bertz CT molecular complexity index is 804. The minimum absolute atomic E-state index is 0.230. The van der Waals surface area contributed by atoms with Gasteiger partial charge in [0.15, 0.2) is 0 Å². The number of hydrogen-bond acceptors (Lipinski definition) is 8. The molecule has 132 valence electrons. The molecule has 0 aromatic heterocycles. The molecule has 0 aliphatic carbocycles. The third kappa shape index (κ3) is 4.11. The maximum absolute atomic E-state index is 11.8. The highest BCUT2D eigenvalue weighted by atomic mass is 32.1. The van der Waals surface area contributed by atoms with Crippen molar-refractivity contribution in [2.45, 2.75) is 0 Å². The highest BCUT2D eigenvalue weighted by Crippen LogP contribution is 2.10. The predicted octanol–water partition coefficient (Wildman–Crippen LogP) is -0.209. The molecule has 0 aromatic rings. The quantitative estimate of drug-likeness (QED) is 0.500. The molecule has 2 aliphatic heterocycles. The summed E-state index contributed by atoms with van der Waals surface area (Å²) in [5, 5.41) is 14.4. The van der Waals surface area contributed by atoms with Gasteiger partial charge in [-0.15, -0.1) is 20.5 Å². The zero-order valence-corrected chi connectivity index (χ0v) is 14.3. The van der Waals surface area contributed by atoms with Crippen LogP contribution in [-0.2, 0) is 19.2 Å². The van der Waals surface area contributed by atoms with E-state index in [1.807, 2.05) is 0 Å². The molecular weight excluding hydrogens is 384 g/mol. The van der Waals surface area contributed by atoms with Gasteiger partial charge in [-0.3, -0.25) is 30.0 Å². The fraction of sp³-hybridized carbons (Fsp3) is 0. The lowest BCUT2D eigenvalue weighted by atomic mass is 10.4. The molecule has 0 fully saturated rings. The Kier molecular flexibility index (Phi) is 5.48. The lowest BCUT2D eigenvalue weighted by Gasteiger charge is -2.22. The second-order valence-electron chi connectivity index (χ2n) is 4.43. The molecule has 14 heteroatoms. The van der Waals surface area contributed by atoms with E-state index in [0.29, 0.717) is 10.0 Å². The Labute approximate surface area is 155 Å². The maximum atomic E-state index is 11.8. The Hall–Kier alpha value is -3.52. The number of thiocarbonyl (C=S) groups is 2. The van der Waals surface area contributed by atoms with Gasteiger partial charge >= 0.3 is 0 Å². The highest BCUT2D eigenvalue weighted by molar-refractivity contribution is 7.80. The first-order valence-corrected chi connectivity index (χ1v) is 7.30. The first kappa shape index (κ1) is 18.8. The van der Waals surface area contributed by atoms with Crippen molar-refractivity contribution in [3.63, 3.8) is 0 Å². The van der Waals surface area contributed by atoms with Gasteiger partial charge in [-0.05, 0) is 24.4 Å². The summed E-state index contributed by atoms with van der Waals surface area (Å²) in [6.07, 6.45) is 1.57. The monoisotopic (exact) mass is 392 g/mol. The minimum atomic E-state index is -0.877. The Morgan fingerprint density at radius 3 is 1.50 bits per heavy atom. The largest absolute Gasteiger partial charge is 0.299 e. The molecule has 0 atom stereocenters. The molecule has 2 aliphatic rings. The van der Waals surface area contributed by atoms with Crippen LogP contribution in [0.15, 0.2) is 57.2 Å². The molecule has 2 heterocycles. The van der Waals surface area contributed by atoms with Crippen molar-refractivity contribution in [3.8, 4) is 0 Å². The van der Waals surface area contributed by atoms with Gasteiger partial charge in [0.1, 0.15) is 11.4 Å². The lowest BCUT2D eigenvalue weighted by molar-refractivity contribution is -0.132. The maximum Gasteiger partial charge on any atom is 0.299 e. The summed E-state index contributed by atoms with van der Waals surface area (Å²) < 4.78 is 0. The summed E-state index contributed by atoms with van der Waals surface area (Å²) in [6.45, 7) is 6.66. The Balaban J connectivity index is 1.96. The summed E-state index contributed by atoms with van der Waals surface area (Å²) in [4.78, 5) is 47.1. The summed E-state index contributed by atoms with van der Waals surface area (Å²) in [6, 6.07) is 0. The van der Waals surface area contributed by atoms with Gasteiger partial charge in [-0.25, -0.2) is 0 Å². The number of azo groups is 2. The molecule has 2 rings (SSSR count). The van der Waals surface area contributed by atoms with Gasteiger partial charge in [0, 0.05) is 12.2 Å². The van der Waals surface area contributed by atoms with Gasteiger partial charge in [-0.1, -0.05) is 13.2 Å². The number of nitrogens with one attached hydrogen (secondary N) is 2. The van der Waals surface area contributed by atoms with E-state index in [0.717, 1.165) is 12.2 Å². The number of nitrogens with zero attached hydrogens (tertiary/aromatic N) is 6. The zero-order valence-electron chi connectivity index (χ0n) is 12.7. The van der Waals surface area contributed by atoms with E-state index >= 15 is 0 Å². The summed E-state index contributed by atoms with van der Waals surface area (Å²) in [5.74, 6) is -3.30. The van der Waals surface area contributed by atoms with E-state index in [9.17, 15) is 19.2 Å². The molecule has 0 saturated carbocycles. The first-order valence-electron chi connectivity index (χ1n) is 6.48. The van der Waals surface area contributed by atoms with Gasteiger partial charge in [0.2, 0.25) is 10.2 Å². The molecule has 0 bridgehead atoms. The van der Waals surface area contributed by atoms with Crippen molar-refractivity contribution >= 4 is 58.3 Å². The topological polar surface area (TPSA) is 148 Å². The first-order chi connectivity index (χ1) is 12.2. The molecule has 0 radical (unpaired) electrons. The van der Waals surface area contributed by atoms with Crippen LogP contribution in [0.3, 0.4) is 0 Å². The second-order valence-corrected chi connectivity index (χ2v) is 5.16. The molecule has 0 saturated heterocycles. The highest BCUT2D eigenvalue weighted by Gasteiger charge is 2.28. The van der Waals surface area contributed by atoms with Crippen molar-refractivity contribution < 1.29 is 19.2 Å². The third-order valence-corrected chi connectivity index (χ3v) is 3.15. The Morgan fingerprint density at radius 2 is 1.15 bits per heavy atom. The average molecular weight is 392 g/mol. The predicted molar refractivity (Wildman–Crippen MR) is 92.3 cm³/mol. The van der Waals surface area contributed by atoms with Gasteiger partial charge in [0.25, 0.3) is 23.6 Å². The molecule has 0 spiro atoms. The smallest absolute Gasteiger partial charge is 0.268 e. The van der Waals surface area contributed by atoms with Gasteiger partial charge < -0.3 is 0 Å². The van der Waals surface area contributed by atoms with Crippen LogP contribution in [0.5, 0.6) is 0 Å². The molecule has 2 N–H and O–H groups in total. The van der Waals surface area contributed by atoms with E-state index in [-0.39, 0.29) is 21.6 Å². The summed E-state index contributed by atoms with van der Waals surface area (Å²) in [7, 11) is 0. The Morgan fingerprint density at radius 1 is 0.808 bits per heavy atom. The SMILES string of the molecule is C=C1N=NC(=S)N(NC(=O)/C=C/C(=O)NN2C(=O)C(=C)N=NC2=S)C1=O. The third-order valence-electron chi connectivity index (χ3n) is 2.63. The van der Waals surface area contributed by atoms with Crippen molar-refractivity contribution in [1.82, 2.24) is 20.9 Å². The molecule has 0 unspecified atom stereocenters. The molecule has 0 aromatic carbocycles. The van der Waals surface area contributed by atoms with E-state index in [1.54, 1.807) is 0 Å². The van der Waals surface area contributed by atoms with Crippen molar-refractivity contribution in [1.29, 1.82) is 0 Å². The number of amides is 4. The second kappa shape index (κ2) is 7.58. The van der Waals surface area contributed by atoms with Crippen LogP contribution in [-0.4, -0.2) is 43.9 Å². The minimum Gasteiger partial charge on any atom is -0.268 e. The molecular formula is C12H8N8O4S2. The van der Waals surface area contributed by atoms with Gasteiger partial charge in [-0.2, -0.15) is 10.0 Å². The molecule has 12 nitrogen and oxygen atoms in total. The van der Waals surface area contributed by atoms with Crippen molar-refractivity contribution in [3.05, 3.63) is 36.7 Å². The van der Waals surface area contributed by atoms with Crippen molar-refractivity contribution in [2.75, 3.05) is 0 Å². The summed E-state index contributed by atoms with van der Waals surface area (Å²) >= 11 is 9.51. The zero-order chi connectivity index (χ0) is 19.4. The number of rotatable bonds is 4. The number of hydrazine groups is 2. The number of hydrogen-bond donors (Lipinski definition) is 2. The van der Waals surface area contributed by atoms with Crippen LogP contribution in [0.25, 0.3) is 0 Å².